The summed E-state index contributed by atoms with van der Waals surface area (Å²) in [5.41, 5.74) is 3.86. The van der Waals surface area contributed by atoms with Gasteiger partial charge in [0.15, 0.2) is 5.65 Å². The lowest BCUT2D eigenvalue weighted by Gasteiger charge is -2.09. The number of carbonyl (C=O) groups is 1. The van der Waals surface area contributed by atoms with E-state index in [4.69, 9.17) is 11.6 Å². The molecule has 2 heterocycles. The van der Waals surface area contributed by atoms with Gasteiger partial charge in [0.05, 0.1) is 0 Å². The van der Waals surface area contributed by atoms with E-state index in [1.165, 1.54) is 4.57 Å². The molecule has 0 radical (unpaired) electrons. The average Bonchev–Trinajstić information content (AvgIpc) is 2.73. The van der Waals surface area contributed by atoms with Crippen molar-refractivity contribution >= 4 is 34.4 Å². The summed E-state index contributed by atoms with van der Waals surface area (Å²) in [5.74, 6) is -0.264. The monoisotopic (exact) mass is 404 g/mol. The second kappa shape index (κ2) is 7.48. The number of anilines is 1. The Bertz CT molecular complexity index is 1300. The summed E-state index contributed by atoms with van der Waals surface area (Å²) in [6.07, 6.45) is 1.62. The molecule has 0 atom stereocenters. The molecule has 0 spiro atoms. The summed E-state index contributed by atoms with van der Waals surface area (Å²) >= 11 is 6.11. The number of rotatable bonds is 3. The number of aryl methyl sites for hydroxylation is 2. The molecule has 0 bridgehead atoms. The Morgan fingerprint density at radius 1 is 1.10 bits per heavy atom. The first-order valence-corrected chi connectivity index (χ1v) is 9.31. The predicted molar refractivity (Wildman–Crippen MR) is 114 cm³/mol. The molecule has 0 aliphatic heterocycles. The fraction of sp³-hybridized carbons (Fsp3) is 0.0909. The minimum atomic E-state index is -0.264. The van der Waals surface area contributed by atoms with Crippen molar-refractivity contribution in [3.05, 3.63) is 87.3 Å². The zero-order chi connectivity index (χ0) is 20.5. The van der Waals surface area contributed by atoms with Crippen LogP contribution in [0.3, 0.4) is 0 Å². The third-order valence-corrected chi connectivity index (χ3v) is 5.08. The van der Waals surface area contributed by atoms with Crippen molar-refractivity contribution in [2.75, 3.05) is 5.32 Å². The molecule has 29 heavy (non-hydrogen) atoms. The number of aromatic nitrogens is 3. The van der Waals surface area contributed by atoms with Crippen LogP contribution in [0.25, 0.3) is 22.4 Å². The third-order valence-electron chi connectivity index (χ3n) is 4.67. The van der Waals surface area contributed by atoms with Crippen LogP contribution in [-0.4, -0.2) is 20.4 Å². The molecule has 4 rings (SSSR count). The van der Waals surface area contributed by atoms with Crippen molar-refractivity contribution in [3.8, 4) is 11.3 Å². The zero-order valence-electron chi connectivity index (χ0n) is 15.8. The molecule has 0 aliphatic rings. The van der Waals surface area contributed by atoms with Gasteiger partial charge in [0.2, 0.25) is 0 Å². The van der Waals surface area contributed by atoms with E-state index in [9.17, 15) is 9.59 Å². The molecule has 0 aliphatic carbocycles. The number of pyridine rings is 1. The normalized spacial score (nSPS) is 10.9. The van der Waals surface area contributed by atoms with Gasteiger partial charge in [-0.25, -0.2) is 9.97 Å². The molecule has 144 valence electrons. The molecule has 1 amide bonds. The van der Waals surface area contributed by atoms with Gasteiger partial charge in [0.1, 0.15) is 11.2 Å². The molecular weight excluding hydrogens is 388 g/mol. The first-order valence-electron chi connectivity index (χ1n) is 8.94. The van der Waals surface area contributed by atoms with Crippen LogP contribution < -0.4 is 10.9 Å². The molecule has 1 N–H and O–H groups in total. The van der Waals surface area contributed by atoms with Crippen LogP contribution >= 0.6 is 11.6 Å². The molecule has 4 aromatic rings. The summed E-state index contributed by atoms with van der Waals surface area (Å²) in [4.78, 5) is 33.8. The quantitative estimate of drug-likeness (QED) is 0.555. The minimum absolute atomic E-state index is 0.248. The summed E-state index contributed by atoms with van der Waals surface area (Å²) < 4.78 is 1.47. The number of hydrogen-bond acceptors (Lipinski definition) is 4. The lowest BCUT2D eigenvalue weighted by Crippen LogP contribution is -2.21. The minimum Gasteiger partial charge on any atom is -0.322 e. The maximum atomic E-state index is 12.7. The second-order valence-electron chi connectivity index (χ2n) is 6.67. The predicted octanol–water partition coefficient (Wildman–Crippen LogP) is 4.21. The largest absolute Gasteiger partial charge is 0.322 e. The Labute approximate surface area is 171 Å². The fourth-order valence-corrected chi connectivity index (χ4v) is 3.18. The maximum absolute atomic E-state index is 12.7. The summed E-state index contributed by atoms with van der Waals surface area (Å²) in [7, 11) is 1.66. The highest BCUT2D eigenvalue weighted by Crippen LogP contribution is 2.21. The van der Waals surface area contributed by atoms with Crippen LogP contribution in [0.5, 0.6) is 0 Å². The van der Waals surface area contributed by atoms with E-state index in [-0.39, 0.29) is 11.5 Å². The number of amides is 1. The van der Waals surface area contributed by atoms with E-state index in [0.29, 0.717) is 38.7 Å². The van der Waals surface area contributed by atoms with Crippen molar-refractivity contribution in [1.82, 2.24) is 14.5 Å². The first-order chi connectivity index (χ1) is 13.9. The first kappa shape index (κ1) is 18.8. The van der Waals surface area contributed by atoms with Gasteiger partial charge in [-0.3, -0.25) is 14.2 Å². The van der Waals surface area contributed by atoms with Crippen LogP contribution in [0.2, 0.25) is 5.02 Å². The average molecular weight is 405 g/mol. The highest BCUT2D eigenvalue weighted by molar-refractivity contribution is 6.31. The third kappa shape index (κ3) is 3.62. The topological polar surface area (TPSA) is 76.9 Å². The molecule has 6 nitrogen and oxygen atoms in total. The molecule has 2 aromatic carbocycles. The molecule has 2 aromatic heterocycles. The molecule has 0 saturated carbocycles. The smallest absolute Gasteiger partial charge is 0.278 e. The Hall–Kier alpha value is -3.51. The van der Waals surface area contributed by atoms with Gasteiger partial charge in [-0.05, 0) is 48.9 Å². The van der Waals surface area contributed by atoms with Crippen molar-refractivity contribution in [2.45, 2.75) is 6.92 Å². The molecule has 0 unspecified atom stereocenters. The number of nitrogens with zero attached hydrogens (tertiary/aromatic N) is 3. The Morgan fingerprint density at radius 3 is 2.59 bits per heavy atom. The van der Waals surface area contributed by atoms with Gasteiger partial charge in [-0.15, -0.1) is 0 Å². The van der Waals surface area contributed by atoms with E-state index in [1.54, 1.807) is 61.8 Å². The van der Waals surface area contributed by atoms with Gasteiger partial charge in [-0.1, -0.05) is 29.8 Å². The molecule has 0 saturated heterocycles. The Balaban J connectivity index is 1.63. The highest BCUT2D eigenvalue weighted by Gasteiger charge is 2.13. The lowest BCUT2D eigenvalue weighted by atomic mass is 10.1. The van der Waals surface area contributed by atoms with E-state index in [2.05, 4.69) is 15.3 Å². The van der Waals surface area contributed by atoms with E-state index >= 15 is 0 Å². The SMILES string of the molecule is Cc1ccc(NC(=O)c2ccc(-c3nc4cccnc4n(C)c3=O)cc2)cc1Cl. The van der Waals surface area contributed by atoms with Crippen molar-refractivity contribution in [2.24, 2.45) is 7.05 Å². The summed E-state index contributed by atoms with van der Waals surface area (Å²) in [5, 5.41) is 3.41. The highest BCUT2D eigenvalue weighted by atomic mass is 35.5. The van der Waals surface area contributed by atoms with Gasteiger partial charge in [0, 0.05) is 35.1 Å². The van der Waals surface area contributed by atoms with Crippen LogP contribution in [0.1, 0.15) is 15.9 Å². The lowest BCUT2D eigenvalue weighted by molar-refractivity contribution is 0.102. The van der Waals surface area contributed by atoms with Gasteiger partial charge in [0.25, 0.3) is 11.5 Å². The van der Waals surface area contributed by atoms with Gasteiger partial charge < -0.3 is 5.32 Å². The number of carbonyl (C=O) groups excluding carboxylic acids is 1. The number of fused-ring (bicyclic) bond motifs is 1. The standard InChI is InChI=1S/C22H17ClN4O2/c1-13-5-10-16(12-17(13)23)25-21(28)15-8-6-14(7-9-15)19-22(29)27(2)20-18(26-19)4-3-11-24-20/h3-12H,1-2H3,(H,25,28). The van der Waals surface area contributed by atoms with Crippen molar-refractivity contribution in [3.63, 3.8) is 0 Å². The van der Waals surface area contributed by atoms with Crippen molar-refractivity contribution in [1.29, 1.82) is 0 Å². The number of halogens is 1. The van der Waals surface area contributed by atoms with Gasteiger partial charge in [-0.2, -0.15) is 0 Å². The Morgan fingerprint density at radius 2 is 1.86 bits per heavy atom. The summed E-state index contributed by atoms with van der Waals surface area (Å²) in [6, 6.07) is 15.7. The number of benzene rings is 2. The van der Waals surface area contributed by atoms with Crippen LogP contribution in [0, 0.1) is 6.92 Å². The van der Waals surface area contributed by atoms with E-state index in [1.807, 2.05) is 13.0 Å². The van der Waals surface area contributed by atoms with Crippen LogP contribution in [-0.2, 0) is 7.05 Å². The van der Waals surface area contributed by atoms with E-state index in [0.717, 1.165) is 5.56 Å². The van der Waals surface area contributed by atoms with Crippen LogP contribution in [0.15, 0.2) is 65.6 Å². The molecule has 7 heteroatoms. The maximum Gasteiger partial charge on any atom is 0.278 e. The Kier molecular flexibility index (Phi) is 4.86. The fourth-order valence-electron chi connectivity index (χ4n) is 3.00. The number of hydrogen-bond donors (Lipinski definition) is 1. The molecular formula is C22H17ClN4O2. The zero-order valence-corrected chi connectivity index (χ0v) is 16.6. The van der Waals surface area contributed by atoms with Gasteiger partial charge >= 0.3 is 0 Å². The van der Waals surface area contributed by atoms with Crippen molar-refractivity contribution < 1.29 is 4.79 Å². The van der Waals surface area contributed by atoms with E-state index < -0.39 is 0 Å². The molecule has 0 fully saturated rings. The van der Waals surface area contributed by atoms with Crippen LogP contribution in [0.4, 0.5) is 5.69 Å². The number of nitrogens with one attached hydrogen (secondary N) is 1. The second-order valence-corrected chi connectivity index (χ2v) is 7.07. The summed E-state index contributed by atoms with van der Waals surface area (Å²) in [6.45, 7) is 1.90.